The van der Waals surface area contributed by atoms with Gasteiger partial charge in [0, 0.05) is 43.5 Å². The van der Waals surface area contributed by atoms with Crippen LogP contribution in [0.25, 0.3) is 10.9 Å². The Morgan fingerprint density at radius 3 is 2.59 bits per heavy atom. The first-order chi connectivity index (χ1) is 18.1. The second-order valence-corrected chi connectivity index (χ2v) is 9.20. The first-order valence-corrected chi connectivity index (χ1v) is 12.6. The monoisotopic (exact) mass is 505 g/mol. The van der Waals surface area contributed by atoms with Gasteiger partial charge in [-0.15, -0.1) is 0 Å². The highest BCUT2D eigenvalue weighted by atomic mass is 16.5. The van der Waals surface area contributed by atoms with Crippen molar-refractivity contribution < 1.29 is 19.1 Å². The molecule has 0 unspecified atom stereocenters. The lowest BCUT2D eigenvalue weighted by atomic mass is 9.91. The van der Waals surface area contributed by atoms with Gasteiger partial charge in [0.1, 0.15) is 17.9 Å². The lowest BCUT2D eigenvalue weighted by molar-refractivity contribution is -0.118. The summed E-state index contributed by atoms with van der Waals surface area (Å²) in [4.78, 5) is 41.3. The van der Waals surface area contributed by atoms with E-state index in [1.54, 1.807) is 12.5 Å². The number of carbonyl (C=O) groups excluding carboxylic acids is 2. The zero-order valence-corrected chi connectivity index (χ0v) is 20.6. The minimum absolute atomic E-state index is 0.121. The molecule has 37 heavy (non-hydrogen) atoms. The number of aromatic nitrogens is 3. The fourth-order valence-electron chi connectivity index (χ4n) is 4.74. The SMILES string of the molecule is NC(=O)CCOc1ccc2c(C3CCN(C(=O)Nc4ccc(N5CCOCC5)nc4)CC3)ncnc2c1. The fourth-order valence-corrected chi connectivity index (χ4v) is 4.74. The van der Waals surface area contributed by atoms with Gasteiger partial charge in [0.05, 0.1) is 49.3 Å². The molecule has 2 aliphatic heterocycles. The molecule has 194 valence electrons. The number of piperidine rings is 1. The van der Waals surface area contributed by atoms with Crippen molar-refractivity contribution in [2.24, 2.45) is 5.73 Å². The third kappa shape index (κ3) is 6.05. The van der Waals surface area contributed by atoms with Crippen molar-refractivity contribution in [3.8, 4) is 5.75 Å². The summed E-state index contributed by atoms with van der Waals surface area (Å²) in [7, 11) is 0. The van der Waals surface area contributed by atoms with Gasteiger partial charge in [-0.2, -0.15) is 0 Å². The van der Waals surface area contributed by atoms with E-state index in [4.69, 9.17) is 15.2 Å². The smallest absolute Gasteiger partial charge is 0.321 e. The number of anilines is 2. The van der Waals surface area contributed by atoms with Crippen molar-refractivity contribution in [2.45, 2.75) is 25.2 Å². The Labute approximate surface area is 215 Å². The number of amides is 3. The highest BCUT2D eigenvalue weighted by Gasteiger charge is 2.26. The molecule has 5 rings (SSSR count). The van der Waals surface area contributed by atoms with Crippen LogP contribution in [-0.2, 0) is 9.53 Å². The van der Waals surface area contributed by atoms with Crippen LogP contribution in [0.1, 0.15) is 30.9 Å². The average Bonchev–Trinajstić information content (AvgIpc) is 2.93. The summed E-state index contributed by atoms with van der Waals surface area (Å²) in [5.41, 5.74) is 7.62. The van der Waals surface area contributed by atoms with E-state index < -0.39 is 5.91 Å². The standard InChI is InChI=1S/C26H31N7O4/c27-23(34)7-12-37-20-2-3-21-22(15-20)29-17-30-25(21)18-5-8-33(9-6-18)26(35)31-19-1-4-24(28-16-19)32-10-13-36-14-11-32/h1-4,15-18H,5-14H2,(H2,27,34)(H,31,35). The van der Waals surface area contributed by atoms with Gasteiger partial charge in [-0.3, -0.25) is 4.79 Å². The first kappa shape index (κ1) is 24.7. The van der Waals surface area contributed by atoms with Crippen LogP contribution in [0.2, 0.25) is 0 Å². The maximum atomic E-state index is 12.9. The molecule has 4 heterocycles. The Morgan fingerprint density at radius 2 is 1.86 bits per heavy atom. The molecule has 2 aliphatic rings. The zero-order chi connectivity index (χ0) is 25.6. The molecule has 0 aliphatic carbocycles. The molecule has 3 amide bonds. The number of pyridine rings is 1. The molecule has 0 bridgehead atoms. The predicted molar refractivity (Wildman–Crippen MR) is 139 cm³/mol. The molecule has 2 fully saturated rings. The van der Waals surface area contributed by atoms with E-state index in [2.05, 4.69) is 25.2 Å². The van der Waals surface area contributed by atoms with Crippen molar-refractivity contribution in [1.29, 1.82) is 0 Å². The Kier molecular flexibility index (Phi) is 7.59. The molecule has 0 radical (unpaired) electrons. The lowest BCUT2D eigenvalue weighted by Crippen LogP contribution is -2.40. The molecule has 0 atom stereocenters. The van der Waals surface area contributed by atoms with Crippen LogP contribution in [-0.4, -0.2) is 77.8 Å². The minimum Gasteiger partial charge on any atom is -0.493 e. The Hall–Kier alpha value is -3.99. The summed E-state index contributed by atoms with van der Waals surface area (Å²) in [5.74, 6) is 1.36. The number of carbonyl (C=O) groups is 2. The molecule has 0 spiro atoms. The molecule has 0 saturated carbocycles. The van der Waals surface area contributed by atoms with E-state index in [-0.39, 0.29) is 25.0 Å². The van der Waals surface area contributed by atoms with Gasteiger partial charge in [0.25, 0.3) is 0 Å². The van der Waals surface area contributed by atoms with E-state index in [0.717, 1.165) is 48.3 Å². The van der Waals surface area contributed by atoms with Crippen molar-refractivity contribution >= 4 is 34.3 Å². The number of nitrogens with two attached hydrogens (primary N) is 1. The van der Waals surface area contributed by atoms with Gasteiger partial charge in [0.2, 0.25) is 5.91 Å². The van der Waals surface area contributed by atoms with Crippen LogP contribution >= 0.6 is 0 Å². The minimum atomic E-state index is -0.399. The van der Waals surface area contributed by atoms with Crippen molar-refractivity contribution in [1.82, 2.24) is 19.9 Å². The molecule has 2 saturated heterocycles. The van der Waals surface area contributed by atoms with E-state index in [0.29, 0.717) is 37.7 Å². The summed E-state index contributed by atoms with van der Waals surface area (Å²) in [6, 6.07) is 9.36. The second-order valence-electron chi connectivity index (χ2n) is 9.20. The molecular weight excluding hydrogens is 474 g/mol. The van der Waals surface area contributed by atoms with E-state index >= 15 is 0 Å². The number of hydrogen-bond donors (Lipinski definition) is 2. The molecule has 1 aromatic carbocycles. The van der Waals surface area contributed by atoms with Crippen LogP contribution in [0.4, 0.5) is 16.3 Å². The average molecular weight is 506 g/mol. The largest absolute Gasteiger partial charge is 0.493 e. The third-order valence-electron chi connectivity index (χ3n) is 6.76. The Morgan fingerprint density at radius 1 is 1.05 bits per heavy atom. The number of urea groups is 1. The maximum Gasteiger partial charge on any atom is 0.321 e. The van der Waals surface area contributed by atoms with Gasteiger partial charge in [-0.25, -0.2) is 19.7 Å². The lowest BCUT2D eigenvalue weighted by Gasteiger charge is -2.32. The summed E-state index contributed by atoms with van der Waals surface area (Å²) in [6.45, 7) is 4.55. The highest BCUT2D eigenvalue weighted by Crippen LogP contribution is 2.32. The normalized spacial score (nSPS) is 16.5. The van der Waals surface area contributed by atoms with Gasteiger partial charge < -0.3 is 30.3 Å². The summed E-state index contributed by atoms with van der Waals surface area (Å²) >= 11 is 0. The van der Waals surface area contributed by atoms with Gasteiger partial charge in [0.15, 0.2) is 0 Å². The van der Waals surface area contributed by atoms with E-state index in [1.165, 1.54) is 0 Å². The summed E-state index contributed by atoms with van der Waals surface area (Å²) < 4.78 is 11.0. The zero-order valence-electron chi connectivity index (χ0n) is 20.6. The summed E-state index contributed by atoms with van der Waals surface area (Å²) in [5, 5.41) is 3.94. The van der Waals surface area contributed by atoms with Crippen LogP contribution < -0.4 is 20.7 Å². The molecule has 11 nitrogen and oxygen atoms in total. The van der Waals surface area contributed by atoms with E-state index in [9.17, 15) is 9.59 Å². The number of rotatable bonds is 7. The number of fused-ring (bicyclic) bond motifs is 1. The van der Waals surface area contributed by atoms with Crippen LogP contribution in [0.15, 0.2) is 42.9 Å². The number of nitrogens with zero attached hydrogens (tertiary/aromatic N) is 5. The van der Waals surface area contributed by atoms with E-state index in [1.807, 2.05) is 35.2 Å². The maximum absolute atomic E-state index is 12.9. The number of hydrogen-bond acceptors (Lipinski definition) is 8. The quantitative estimate of drug-likeness (QED) is 0.500. The first-order valence-electron chi connectivity index (χ1n) is 12.6. The predicted octanol–water partition coefficient (Wildman–Crippen LogP) is 2.53. The van der Waals surface area contributed by atoms with Crippen LogP contribution in [0.3, 0.4) is 0 Å². The molecule has 3 N–H and O–H groups in total. The molecule has 2 aromatic heterocycles. The Bertz CT molecular complexity index is 1240. The fraction of sp³-hybridized carbons (Fsp3) is 0.423. The molecule has 3 aromatic rings. The topological polar surface area (TPSA) is 136 Å². The van der Waals surface area contributed by atoms with Crippen LogP contribution in [0.5, 0.6) is 5.75 Å². The number of morpholine rings is 1. The van der Waals surface area contributed by atoms with Crippen LogP contribution in [0, 0.1) is 0 Å². The highest BCUT2D eigenvalue weighted by molar-refractivity contribution is 5.89. The molecule has 11 heteroatoms. The van der Waals surface area contributed by atoms with Crippen molar-refractivity contribution in [3.05, 3.63) is 48.5 Å². The number of primary amides is 1. The number of ether oxygens (including phenoxy) is 2. The second kappa shape index (κ2) is 11.4. The Balaban J connectivity index is 1.16. The van der Waals surface area contributed by atoms with Crippen molar-refractivity contribution in [3.63, 3.8) is 0 Å². The van der Waals surface area contributed by atoms with Crippen molar-refractivity contribution in [2.75, 3.05) is 56.2 Å². The number of nitrogens with one attached hydrogen (secondary N) is 1. The number of likely N-dealkylation sites (tertiary alicyclic amines) is 1. The third-order valence-corrected chi connectivity index (χ3v) is 6.76. The number of benzene rings is 1. The van der Waals surface area contributed by atoms with Gasteiger partial charge in [-0.05, 0) is 37.1 Å². The van der Waals surface area contributed by atoms with Gasteiger partial charge >= 0.3 is 6.03 Å². The summed E-state index contributed by atoms with van der Waals surface area (Å²) in [6.07, 6.45) is 5.05. The van der Waals surface area contributed by atoms with Gasteiger partial charge in [-0.1, -0.05) is 0 Å². The molecular formula is C26H31N7O4.